The molecule has 0 aromatic carbocycles. The molecular formula is C30H48BrCl2N7O13. The summed E-state index contributed by atoms with van der Waals surface area (Å²) in [6.45, 7) is 0.0744. The van der Waals surface area contributed by atoms with E-state index in [9.17, 15) is 53.4 Å². The molecule has 53 heavy (non-hydrogen) atoms. The van der Waals surface area contributed by atoms with Crippen LogP contribution in [0.25, 0.3) is 0 Å². The SMILES string of the molecule is O=C(O)CC[C@H](NC(=O)CC[C@@H](NC(=O)COCCOCCNC(=O)CCCNC(=O)CBr)C(=O)O)C(=O)N(CCNC(=O)CCl)CCNC(=O)CCl. The average Bonchev–Trinajstić information content (AvgIpc) is 3.12. The number of carboxylic acids is 2. The third kappa shape index (κ3) is 26.6. The van der Waals surface area contributed by atoms with Gasteiger partial charge in [0, 0.05) is 58.5 Å². The number of nitrogens with zero attached hydrogens (tertiary/aromatic N) is 1. The number of amides is 7. The van der Waals surface area contributed by atoms with E-state index in [2.05, 4.69) is 47.8 Å². The first-order chi connectivity index (χ1) is 25.2. The molecule has 302 valence electrons. The van der Waals surface area contributed by atoms with Gasteiger partial charge in [0.2, 0.25) is 41.4 Å². The van der Waals surface area contributed by atoms with Crippen molar-refractivity contribution in [2.24, 2.45) is 0 Å². The van der Waals surface area contributed by atoms with Gasteiger partial charge in [-0.2, -0.15) is 0 Å². The third-order valence-electron chi connectivity index (χ3n) is 6.73. The molecule has 0 saturated carbocycles. The van der Waals surface area contributed by atoms with Gasteiger partial charge in [-0.1, -0.05) is 15.9 Å². The highest BCUT2D eigenvalue weighted by atomic mass is 79.9. The number of halogens is 3. The minimum atomic E-state index is -1.50. The summed E-state index contributed by atoms with van der Waals surface area (Å²) in [7, 11) is 0. The quantitative estimate of drug-likeness (QED) is 0.0268. The fourth-order valence-corrected chi connectivity index (χ4v) is 4.52. The van der Waals surface area contributed by atoms with E-state index in [0.717, 1.165) is 0 Å². The molecule has 20 nitrogen and oxygen atoms in total. The predicted molar refractivity (Wildman–Crippen MR) is 192 cm³/mol. The molecule has 8 N–H and O–H groups in total. The number of carboxylic acid groups (broad SMARTS) is 2. The summed E-state index contributed by atoms with van der Waals surface area (Å²) >= 11 is 14.0. The van der Waals surface area contributed by atoms with E-state index in [0.29, 0.717) is 13.0 Å². The van der Waals surface area contributed by atoms with E-state index in [1.165, 1.54) is 4.90 Å². The standard InChI is InChI=1S/C30H48BrCl2N7O13/c31-16-24(43)34-7-1-2-22(41)37-10-13-52-14-15-53-19-27(46)39-21(30(50)51)3-5-23(42)38-20(4-6-28(47)48)29(49)40(11-8-35-25(44)17-32)12-9-36-26(45)18-33/h20-21H,1-19H2,(H,34,43)(H,35,44)(H,36,45)(H,37,41)(H,38,42)(H,39,46)(H,47,48)(H,50,51)/t20-,21+/m0/s1. The Labute approximate surface area is 324 Å². The monoisotopic (exact) mass is 863 g/mol. The van der Waals surface area contributed by atoms with Gasteiger partial charge in [0.15, 0.2) is 0 Å². The summed E-state index contributed by atoms with van der Waals surface area (Å²) in [4.78, 5) is 109. The molecule has 0 radical (unpaired) electrons. The first kappa shape index (κ1) is 49.2. The first-order valence-electron chi connectivity index (χ1n) is 16.5. The minimum Gasteiger partial charge on any atom is -0.481 e. The van der Waals surface area contributed by atoms with Gasteiger partial charge in [-0.05, 0) is 19.3 Å². The number of carbonyl (C=O) groups is 9. The Hall–Kier alpha value is -3.79. The zero-order valence-corrected chi connectivity index (χ0v) is 32.2. The van der Waals surface area contributed by atoms with Crippen molar-refractivity contribution in [2.75, 3.05) is 82.8 Å². The predicted octanol–water partition coefficient (Wildman–Crippen LogP) is -2.34. The van der Waals surface area contributed by atoms with Crippen molar-refractivity contribution < 1.29 is 62.8 Å². The first-order valence-corrected chi connectivity index (χ1v) is 18.6. The van der Waals surface area contributed by atoms with Gasteiger partial charge >= 0.3 is 11.9 Å². The summed E-state index contributed by atoms with van der Waals surface area (Å²) < 4.78 is 10.5. The third-order valence-corrected chi connectivity index (χ3v) is 7.73. The topological polar surface area (TPSA) is 288 Å². The lowest BCUT2D eigenvalue weighted by Crippen LogP contribution is -2.52. The Morgan fingerprint density at radius 3 is 1.72 bits per heavy atom. The van der Waals surface area contributed by atoms with E-state index in [4.69, 9.17) is 32.7 Å². The van der Waals surface area contributed by atoms with Crippen LogP contribution in [-0.4, -0.2) is 163 Å². The number of hydrogen-bond donors (Lipinski definition) is 8. The van der Waals surface area contributed by atoms with Crippen molar-refractivity contribution in [1.29, 1.82) is 0 Å². The van der Waals surface area contributed by atoms with Gasteiger partial charge in [-0.15, -0.1) is 23.2 Å². The van der Waals surface area contributed by atoms with E-state index >= 15 is 0 Å². The molecule has 0 fully saturated rings. The largest absolute Gasteiger partial charge is 0.481 e. The normalized spacial score (nSPS) is 11.7. The lowest BCUT2D eigenvalue weighted by atomic mass is 10.1. The molecule has 7 amide bonds. The summed E-state index contributed by atoms with van der Waals surface area (Å²) in [5.74, 6) is -7.06. The fraction of sp³-hybridized carbons (Fsp3) is 0.700. The number of alkyl halides is 3. The molecule has 0 unspecified atom stereocenters. The van der Waals surface area contributed by atoms with E-state index in [1.54, 1.807) is 0 Å². The van der Waals surface area contributed by atoms with Crippen LogP contribution in [0.1, 0.15) is 38.5 Å². The number of aliphatic carboxylic acids is 2. The van der Waals surface area contributed by atoms with Crippen molar-refractivity contribution in [3.8, 4) is 0 Å². The summed E-state index contributed by atoms with van der Waals surface area (Å²) in [6.07, 6.45) is -0.977. The minimum absolute atomic E-state index is 0.0181. The Kier molecular flexibility index (Phi) is 28.5. The summed E-state index contributed by atoms with van der Waals surface area (Å²) in [5, 5.41) is 33.8. The maximum atomic E-state index is 13.4. The molecule has 0 aliphatic carbocycles. The second-order valence-corrected chi connectivity index (χ2v) is 12.0. The van der Waals surface area contributed by atoms with Crippen molar-refractivity contribution in [1.82, 2.24) is 36.8 Å². The van der Waals surface area contributed by atoms with Gasteiger partial charge in [-0.25, -0.2) is 4.79 Å². The molecule has 0 spiro atoms. The number of carbonyl (C=O) groups excluding carboxylic acids is 7. The molecule has 0 aromatic rings. The molecule has 0 bridgehead atoms. The van der Waals surface area contributed by atoms with E-state index in [1.807, 2.05) is 0 Å². The van der Waals surface area contributed by atoms with Crippen LogP contribution in [0.2, 0.25) is 0 Å². The highest BCUT2D eigenvalue weighted by Crippen LogP contribution is 2.06. The summed E-state index contributed by atoms with van der Waals surface area (Å²) in [6, 6.07) is -2.86. The van der Waals surface area contributed by atoms with Gasteiger partial charge < -0.3 is 56.5 Å². The van der Waals surface area contributed by atoms with Gasteiger partial charge in [0.25, 0.3) is 0 Å². The van der Waals surface area contributed by atoms with Crippen LogP contribution in [0, 0.1) is 0 Å². The lowest BCUT2D eigenvalue weighted by Gasteiger charge is -2.28. The second kappa shape index (κ2) is 30.6. The zero-order valence-electron chi connectivity index (χ0n) is 29.1. The molecule has 0 aromatic heterocycles. The molecule has 0 aliphatic heterocycles. The van der Waals surface area contributed by atoms with Crippen LogP contribution in [-0.2, 0) is 52.6 Å². The molecule has 0 heterocycles. The Morgan fingerprint density at radius 2 is 1.15 bits per heavy atom. The maximum Gasteiger partial charge on any atom is 0.326 e. The number of hydrogen-bond acceptors (Lipinski definition) is 11. The number of rotatable bonds is 31. The Balaban J connectivity index is 4.85. The second-order valence-electron chi connectivity index (χ2n) is 10.9. The van der Waals surface area contributed by atoms with Crippen LogP contribution in [0.3, 0.4) is 0 Å². The molecule has 2 atom stereocenters. The van der Waals surface area contributed by atoms with Gasteiger partial charge in [0.1, 0.15) is 30.5 Å². The van der Waals surface area contributed by atoms with Crippen LogP contribution in [0.5, 0.6) is 0 Å². The number of ether oxygens (including phenoxy) is 2. The lowest BCUT2D eigenvalue weighted by molar-refractivity contribution is -0.143. The average molecular weight is 866 g/mol. The van der Waals surface area contributed by atoms with E-state index in [-0.39, 0.29) is 101 Å². The van der Waals surface area contributed by atoms with Crippen LogP contribution < -0.4 is 31.9 Å². The van der Waals surface area contributed by atoms with Crippen molar-refractivity contribution in [3.05, 3.63) is 0 Å². The Morgan fingerprint density at radius 1 is 0.604 bits per heavy atom. The molecule has 23 heteroatoms. The van der Waals surface area contributed by atoms with E-state index < -0.39 is 73.0 Å². The number of nitrogens with one attached hydrogen (secondary N) is 6. The highest BCUT2D eigenvalue weighted by molar-refractivity contribution is 9.09. The van der Waals surface area contributed by atoms with Gasteiger partial charge in [0.05, 0.1) is 25.2 Å². The molecule has 0 aliphatic rings. The Bertz CT molecular complexity index is 1200. The highest BCUT2D eigenvalue weighted by Gasteiger charge is 2.28. The zero-order chi connectivity index (χ0) is 40.0. The summed E-state index contributed by atoms with van der Waals surface area (Å²) in [5.41, 5.74) is 0. The maximum absolute atomic E-state index is 13.4. The molecule has 0 rings (SSSR count). The van der Waals surface area contributed by atoms with Crippen molar-refractivity contribution in [3.63, 3.8) is 0 Å². The van der Waals surface area contributed by atoms with Crippen LogP contribution in [0.15, 0.2) is 0 Å². The smallest absolute Gasteiger partial charge is 0.326 e. The van der Waals surface area contributed by atoms with Gasteiger partial charge in [-0.3, -0.25) is 38.4 Å². The molecule has 0 saturated heterocycles. The van der Waals surface area contributed by atoms with Crippen molar-refractivity contribution in [2.45, 2.75) is 50.6 Å². The molecular weight excluding hydrogens is 817 g/mol. The van der Waals surface area contributed by atoms with Crippen molar-refractivity contribution >= 4 is 92.4 Å². The fourth-order valence-electron chi connectivity index (χ4n) is 4.13. The van der Waals surface area contributed by atoms with Crippen LogP contribution >= 0.6 is 39.1 Å². The van der Waals surface area contributed by atoms with Crippen LogP contribution in [0.4, 0.5) is 0 Å².